The van der Waals surface area contributed by atoms with Crippen molar-refractivity contribution >= 4 is 27.7 Å². The van der Waals surface area contributed by atoms with E-state index in [0.29, 0.717) is 6.04 Å². The van der Waals surface area contributed by atoms with E-state index in [9.17, 15) is 4.79 Å². The summed E-state index contributed by atoms with van der Waals surface area (Å²) in [6.07, 6.45) is 9.07. The molecule has 4 nitrogen and oxygen atoms in total. The molecule has 100 valence electrons. The number of fused-ring (bicyclic) bond motifs is 4. The van der Waals surface area contributed by atoms with Gasteiger partial charge in [-0.05, 0) is 38.0 Å². The van der Waals surface area contributed by atoms with E-state index in [1.807, 2.05) is 18.4 Å². The van der Waals surface area contributed by atoms with Crippen molar-refractivity contribution in [2.75, 3.05) is 13.1 Å². The fraction of sp³-hybridized carbons (Fsp3) is 0.571. The van der Waals surface area contributed by atoms with Crippen LogP contribution in [0, 0.1) is 5.92 Å². The number of amides is 1. The monoisotopic (exact) mass is 321 g/mol. The second kappa shape index (κ2) is 4.28. The lowest BCUT2D eigenvalue weighted by Gasteiger charge is -2.44. The summed E-state index contributed by atoms with van der Waals surface area (Å²) in [5, 5.41) is 0. The molecule has 1 amide bonds. The first-order valence-corrected chi connectivity index (χ1v) is 7.74. The van der Waals surface area contributed by atoms with E-state index in [2.05, 4.69) is 20.8 Å². The summed E-state index contributed by atoms with van der Waals surface area (Å²) >= 11 is 3.45. The molecule has 5 heteroatoms. The van der Waals surface area contributed by atoms with Crippen LogP contribution in [-0.4, -0.2) is 46.7 Å². The largest absolute Gasteiger partial charge is 0.299 e. The number of aliphatic imine (C=N–C) groups is 1. The topological polar surface area (TPSA) is 35.9 Å². The average Bonchev–Trinajstić information content (AvgIpc) is 2.86. The zero-order chi connectivity index (χ0) is 13.0. The second-order valence-corrected chi connectivity index (χ2v) is 6.58. The van der Waals surface area contributed by atoms with E-state index in [1.54, 1.807) is 4.90 Å². The molecule has 2 saturated heterocycles. The Balaban J connectivity index is 1.73. The van der Waals surface area contributed by atoms with Gasteiger partial charge in [0.2, 0.25) is 5.91 Å². The standard InChI is InChI=1S/C14H16BrN3O/c15-9-3-7-18-12(8-9)16-10-4-6-17-5-1-2-11(17)13(10)14(18)19/h3,7-8,10-11,13H,1-2,4-6H2/t10?,11-,13?/m0/s1. The number of rotatable bonds is 0. The SMILES string of the molecule is O=C1C2C(CCN3CCC[C@@H]23)N=C2C=C(Br)C=CN12. The Morgan fingerprint density at radius 2 is 2.21 bits per heavy atom. The van der Waals surface area contributed by atoms with E-state index >= 15 is 0 Å². The lowest BCUT2D eigenvalue weighted by Crippen LogP contribution is -2.57. The maximum Gasteiger partial charge on any atom is 0.239 e. The summed E-state index contributed by atoms with van der Waals surface area (Å²) in [6.45, 7) is 2.25. The van der Waals surface area contributed by atoms with Crippen LogP contribution in [-0.2, 0) is 4.79 Å². The molecule has 19 heavy (non-hydrogen) atoms. The van der Waals surface area contributed by atoms with Gasteiger partial charge in [0, 0.05) is 23.3 Å². The minimum absolute atomic E-state index is 0.0647. The number of piperidine rings is 1. The summed E-state index contributed by atoms with van der Waals surface area (Å²) in [5.74, 6) is 1.10. The molecule has 0 aromatic heterocycles. The summed E-state index contributed by atoms with van der Waals surface area (Å²) in [6, 6.07) is 0.598. The van der Waals surface area contributed by atoms with E-state index in [1.165, 1.54) is 6.42 Å². The van der Waals surface area contributed by atoms with Crippen molar-refractivity contribution in [1.29, 1.82) is 0 Å². The van der Waals surface area contributed by atoms with Gasteiger partial charge in [0.15, 0.2) is 0 Å². The summed E-state index contributed by atoms with van der Waals surface area (Å²) < 4.78 is 0.979. The number of carbonyl (C=O) groups excluding carboxylic acids is 1. The number of nitrogens with zero attached hydrogens (tertiary/aromatic N) is 3. The van der Waals surface area contributed by atoms with Gasteiger partial charge in [-0.1, -0.05) is 15.9 Å². The van der Waals surface area contributed by atoms with Crippen molar-refractivity contribution < 1.29 is 4.79 Å². The van der Waals surface area contributed by atoms with E-state index in [-0.39, 0.29) is 17.9 Å². The van der Waals surface area contributed by atoms with Gasteiger partial charge in [0.05, 0.1) is 12.0 Å². The number of amidine groups is 1. The van der Waals surface area contributed by atoms with Crippen molar-refractivity contribution in [3.05, 3.63) is 22.8 Å². The molecule has 4 heterocycles. The van der Waals surface area contributed by atoms with Gasteiger partial charge in [-0.3, -0.25) is 19.6 Å². The van der Waals surface area contributed by atoms with E-state index in [4.69, 9.17) is 4.99 Å². The van der Waals surface area contributed by atoms with Crippen LogP contribution in [0.15, 0.2) is 27.8 Å². The quantitative estimate of drug-likeness (QED) is 0.683. The van der Waals surface area contributed by atoms with Crippen LogP contribution in [0.1, 0.15) is 19.3 Å². The molecule has 2 fully saturated rings. The highest BCUT2D eigenvalue weighted by Crippen LogP contribution is 2.37. The first-order valence-electron chi connectivity index (χ1n) is 6.94. The molecule has 0 aromatic rings. The maximum atomic E-state index is 12.8. The van der Waals surface area contributed by atoms with Crippen molar-refractivity contribution in [2.24, 2.45) is 10.9 Å². The molecular weight excluding hydrogens is 306 g/mol. The Kier molecular flexibility index (Phi) is 2.67. The fourth-order valence-electron chi connectivity index (χ4n) is 3.82. The number of hydrogen-bond acceptors (Lipinski definition) is 3. The summed E-state index contributed by atoms with van der Waals surface area (Å²) in [5.41, 5.74) is 0. The Morgan fingerprint density at radius 3 is 3.11 bits per heavy atom. The summed E-state index contributed by atoms with van der Waals surface area (Å²) in [4.78, 5) is 21.8. The van der Waals surface area contributed by atoms with Gasteiger partial charge in [0.1, 0.15) is 5.84 Å². The lowest BCUT2D eigenvalue weighted by atomic mass is 9.82. The highest BCUT2D eigenvalue weighted by molar-refractivity contribution is 9.11. The Morgan fingerprint density at radius 1 is 1.32 bits per heavy atom. The molecule has 0 aliphatic carbocycles. The van der Waals surface area contributed by atoms with Gasteiger partial charge in [-0.25, -0.2) is 0 Å². The van der Waals surface area contributed by atoms with Crippen LogP contribution in [0.2, 0.25) is 0 Å². The maximum absolute atomic E-state index is 12.8. The second-order valence-electron chi connectivity index (χ2n) is 5.67. The molecule has 0 bridgehead atoms. The fourth-order valence-corrected chi connectivity index (χ4v) is 4.15. The van der Waals surface area contributed by atoms with Crippen LogP contribution >= 0.6 is 15.9 Å². The summed E-state index contributed by atoms with van der Waals surface area (Å²) in [7, 11) is 0. The van der Waals surface area contributed by atoms with Crippen LogP contribution in [0.4, 0.5) is 0 Å². The number of allylic oxidation sites excluding steroid dienone is 2. The predicted octanol–water partition coefficient (Wildman–Crippen LogP) is 1.89. The smallest absolute Gasteiger partial charge is 0.239 e. The Labute approximate surface area is 121 Å². The highest BCUT2D eigenvalue weighted by Gasteiger charge is 2.48. The molecule has 4 aliphatic rings. The van der Waals surface area contributed by atoms with Crippen molar-refractivity contribution in [2.45, 2.75) is 31.3 Å². The highest BCUT2D eigenvalue weighted by atomic mass is 79.9. The normalized spacial score (nSPS) is 37.4. The molecule has 4 rings (SSSR count). The molecule has 0 N–H and O–H groups in total. The van der Waals surface area contributed by atoms with Gasteiger partial charge in [0.25, 0.3) is 0 Å². The van der Waals surface area contributed by atoms with Crippen molar-refractivity contribution in [3.8, 4) is 0 Å². The first-order chi connectivity index (χ1) is 9.24. The van der Waals surface area contributed by atoms with Crippen molar-refractivity contribution in [1.82, 2.24) is 9.80 Å². The van der Waals surface area contributed by atoms with Gasteiger partial charge in [-0.15, -0.1) is 0 Å². The number of halogens is 1. The number of hydrogen-bond donors (Lipinski definition) is 0. The third kappa shape index (κ3) is 1.75. The molecule has 0 aromatic carbocycles. The first kappa shape index (κ1) is 11.9. The molecule has 0 radical (unpaired) electrons. The average molecular weight is 322 g/mol. The number of carbonyl (C=O) groups is 1. The Hall–Kier alpha value is -0.940. The van der Waals surface area contributed by atoms with E-state index in [0.717, 1.165) is 36.2 Å². The van der Waals surface area contributed by atoms with Gasteiger partial charge in [-0.2, -0.15) is 0 Å². The minimum atomic E-state index is 0.0647. The molecule has 0 spiro atoms. The molecule has 4 aliphatic heterocycles. The molecule has 0 saturated carbocycles. The Bertz CT molecular complexity index is 525. The van der Waals surface area contributed by atoms with Crippen LogP contribution in [0.3, 0.4) is 0 Å². The van der Waals surface area contributed by atoms with Crippen LogP contribution in [0.25, 0.3) is 0 Å². The third-order valence-electron chi connectivity index (χ3n) is 4.67. The molecule has 3 atom stereocenters. The zero-order valence-corrected chi connectivity index (χ0v) is 12.2. The van der Waals surface area contributed by atoms with E-state index < -0.39 is 0 Å². The zero-order valence-electron chi connectivity index (χ0n) is 10.6. The third-order valence-corrected chi connectivity index (χ3v) is 5.17. The van der Waals surface area contributed by atoms with Gasteiger partial charge < -0.3 is 0 Å². The van der Waals surface area contributed by atoms with Crippen molar-refractivity contribution in [3.63, 3.8) is 0 Å². The van der Waals surface area contributed by atoms with Crippen LogP contribution in [0.5, 0.6) is 0 Å². The lowest BCUT2D eigenvalue weighted by molar-refractivity contribution is -0.134. The predicted molar refractivity (Wildman–Crippen MR) is 76.9 cm³/mol. The van der Waals surface area contributed by atoms with Gasteiger partial charge >= 0.3 is 0 Å². The van der Waals surface area contributed by atoms with Crippen LogP contribution < -0.4 is 0 Å². The molecular formula is C14H16BrN3O. The minimum Gasteiger partial charge on any atom is -0.299 e. The molecule has 2 unspecified atom stereocenters.